The van der Waals surface area contributed by atoms with Gasteiger partial charge in [-0.25, -0.2) is 0 Å². The Morgan fingerprint density at radius 1 is 1.29 bits per heavy atom. The zero-order valence-electron chi connectivity index (χ0n) is 11.7. The lowest BCUT2D eigenvalue weighted by atomic mass is 10.2. The lowest BCUT2D eigenvalue weighted by Gasteiger charge is -2.10. The van der Waals surface area contributed by atoms with E-state index in [1.54, 1.807) is 26.3 Å². The van der Waals surface area contributed by atoms with Gasteiger partial charge in [0, 0.05) is 23.6 Å². The molecule has 0 atom stereocenters. The van der Waals surface area contributed by atoms with Gasteiger partial charge in [-0.3, -0.25) is 4.79 Å². The number of ether oxygens (including phenoxy) is 1. The van der Waals surface area contributed by atoms with Gasteiger partial charge in [-0.15, -0.1) is 10.2 Å². The summed E-state index contributed by atoms with van der Waals surface area (Å²) in [5.41, 5.74) is 1.27. The number of amides is 1. The van der Waals surface area contributed by atoms with Crippen LogP contribution in [0.25, 0.3) is 0 Å². The Morgan fingerprint density at radius 2 is 2.10 bits per heavy atom. The Hall–Kier alpha value is -2.15. The molecule has 0 aliphatic heterocycles. The first-order valence-corrected chi connectivity index (χ1v) is 7.05. The highest BCUT2D eigenvalue weighted by Crippen LogP contribution is 2.23. The number of hydrogen-bond donors (Lipinski definition) is 2. The Labute approximate surface area is 131 Å². The van der Waals surface area contributed by atoms with E-state index in [4.69, 9.17) is 4.74 Å². The van der Waals surface area contributed by atoms with Crippen molar-refractivity contribution < 1.29 is 9.53 Å². The molecule has 21 heavy (non-hydrogen) atoms. The highest BCUT2D eigenvalue weighted by molar-refractivity contribution is 9.10. The van der Waals surface area contributed by atoms with Gasteiger partial charge in [0.2, 0.25) is 0 Å². The van der Waals surface area contributed by atoms with Crippen molar-refractivity contribution in [3.63, 3.8) is 0 Å². The Kier molecular flexibility index (Phi) is 5.10. The number of nitrogens with zero attached hydrogens (tertiary/aromatic N) is 2. The van der Waals surface area contributed by atoms with Gasteiger partial charge in [0.15, 0.2) is 5.69 Å². The SMILES string of the molecule is CNC(=O)c1ccc(NCc2cc(Br)ccc2OC)nn1. The minimum absolute atomic E-state index is 0.261. The van der Waals surface area contributed by atoms with E-state index < -0.39 is 0 Å². The van der Waals surface area contributed by atoms with Crippen molar-refractivity contribution in [2.24, 2.45) is 0 Å². The van der Waals surface area contributed by atoms with Crippen LogP contribution >= 0.6 is 15.9 Å². The van der Waals surface area contributed by atoms with Gasteiger partial charge in [-0.2, -0.15) is 0 Å². The average molecular weight is 351 g/mol. The molecule has 2 N–H and O–H groups in total. The molecule has 1 amide bonds. The van der Waals surface area contributed by atoms with Crippen molar-refractivity contribution in [2.45, 2.75) is 6.54 Å². The lowest BCUT2D eigenvalue weighted by Crippen LogP contribution is -2.19. The third-order valence-electron chi connectivity index (χ3n) is 2.83. The molecule has 0 aliphatic rings. The van der Waals surface area contributed by atoms with Gasteiger partial charge < -0.3 is 15.4 Å². The van der Waals surface area contributed by atoms with Crippen molar-refractivity contribution in [1.82, 2.24) is 15.5 Å². The number of benzene rings is 1. The summed E-state index contributed by atoms with van der Waals surface area (Å²) in [6, 6.07) is 9.11. The molecule has 0 bridgehead atoms. The molecule has 110 valence electrons. The van der Waals surface area contributed by atoms with Gasteiger partial charge in [-0.05, 0) is 30.3 Å². The number of rotatable bonds is 5. The molecule has 2 rings (SSSR count). The van der Waals surface area contributed by atoms with Gasteiger partial charge in [0.1, 0.15) is 11.6 Å². The Balaban J connectivity index is 2.06. The first-order chi connectivity index (χ1) is 10.1. The van der Waals surface area contributed by atoms with E-state index in [0.29, 0.717) is 12.4 Å². The van der Waals surface area contributed by atoms with E-state index in [0.717, 1.165) is 15.8 Å². The highest BCUT2D eigenvalue weighted by Gasteiger charge is 2.07. The number of nitrogens with one attached hydrogen (secondary N) is 2. The Bertz CT molecular complexity index is 631. The quantitative estimate of drug-likeness (QED) is 0.864. The van der Waals surface area contributed by atoms with Gasteiger partial charge in [-0.1, -0.05) is 15.9 Å². The first-order valence-electron chi connectivity index (χ1n) is 6.26. The van der Waals surface area contributed by atoms with Crippen LogP contribution in [0, 0.1) is 0 Å². The van der Waals surface area contributed by atoms with Crippen molar-refractivity contribution in [3.8, 4) is 5.75 Å². The number of anilines is 1. The normalized spacial score (nSPS) is 10.0. The maximum absolute atomic E-state index is 11.4. The van der Waals surface area contributed by atoms with Crippen molar-refractivity contribution in [1.29, 1.82) is 0 Å². The second kappa shape index (κ2) is 7.03. The minimum atomic E-state index is -0.261. The number of carbonyl (C=O) groups is 1. The van der Waals surface area contributed by atoms with E-state index in [2.05, 4.69) is 36.8 Å². The maximum atomic E-state index is 11.4. The predicted molar refractivity (Wildman–Crippen MR) is 83.4 cm³/mol. The molecule has 0 saturated heterocycles. The monoisotopic (exact) mass is 350 g/mol. The standard InChI is InChI=1S/C14H15BrN4O2/c1-16-14(20)11-4-6-13(19-18-11)17-8-9-7-10(15)3-5-12(9)21-2/h3-7H,8H2,1-2H3,(H,16,20)(H,17,19). The van der Waals surface area contributed by atoms with Crippen LogP contribution in [0.15, 0.2) is 34.8 Å². The zero-order chi connectivity index (χ0) is 15.2. The summed E-state index contributed by atoms with van der Waals surface area (Å²) in [7, 11) is 3.18. The number of carbonyl (C=O) groups excluding carboxylic acids is 1. The molecule has 0 aliphatic carbocycles. The fraction of sp³-hybridized carbons (Fsp3) is 0.214. The fourth-order valence-corrected chi connectivity index (χ4v) is 2.16. The maximum Gasteiger partial charge on any atom is 0.271 e. The summed E-state index contributed by atoms with van der Waals surface area (Å²) in [5, 5.41) is 13.5. The van der Waals surface area contributed by atoms with E-state index in [9.17, 15) is 4.79 Å². The molecule has 7 heteroatoms. The lowest BCUT2D eigenvalue weighted by molar-refractivity contribution is 0.0957. The molecule has 6 nitrogen and oxygen atoms in total. The second-order valence-corrected chi connectivity index (χ2v) is 5.11. The van der Waals surface area contributed by atoms with Gasteiger partial charge >= 0.3 is 0 Å². The van der Waals surface area contributed by atoms with E-state index in [-0.39, 0.29) is 11.6 Å². The largest absolute Gasteiger partial charge is 0.496 e. The fourth-order valence-electron chi connectivity index (χ4n) is 1.75. The van der Waals surface area contributed by atoms with E-state index >= 15 is 0 Å². The molecule has 0 spiro atoms. The number of aromatic nitrogens is 2. The van der Waals surface area contributed by atoms with Gasteiger partial charge in [0.25, 0.3) is 5.91 Å². The number of methoxy groups -OCH3 is 1. The summed E-state index contributed by atoms with van der Waals surface area (Å²) in [6.07, 6.45) is 0. The molecule has 0 radical (unpaired) electrons. The van der Waals surface area contributed by atoms with E-state index in [1.165, 1.54) is 0 Å². The van der Waals surface area contributed by atoms with Crippen molar-refractivity contribution >= 4 is 27.7 Å². The predicted octanol–water partition coefficient (Wildman–Crippen LogP) is 2.22. The summed E-state index contributed by atoms with van der Waals surface area (Å²) in [5.74, 6) is 1.12. The third kappa shape index (κ3) is 3.91. The van der Waals surface area contributed by atoms with Gasteiger partial charge in [0.05, 0.1) is 7.11 Å². The van der Waals surface area contributed by atoms with Crippen LogP contribution in [0.5, 0.6) is 5.75 Å². The molecular weight excluding hydrogens is 336 g/mol. The van der Waals surface area contributed by atoms with Crippen LogP contribution in [0.4, 0.5) is 5.82 Å². The average Bonchev–Trinajstić information content (AvgIpc) is 2.52. The molecule has 2 aromatic rings. The number of halogens is 1. The molecule has 0 fully saturated rings. The molecule has 0 saturated carbocycles. The second-order valence-electron chi connectivity index (χ2n) is 4.19. The molecule has 1 aromatic carbocycles. The van der Waals surface area contributed by atoms with Crippen molar-refractivity contribution in [3.05, 3.63) is 46.1 Å². The van der Waals surface area contributed by atoms with Crippen LogP contribution in [-0.4, -0.2) is 30.3 Å². The first kappa shape index (κ1) is 15.2. The summed E-state index contributed by atoms with van der Waals surface area (Å²) >= 11 is 3.43. The summed E-state index contributed by atoms with van der Waals surface area (Å²) in [4.78, 5) is 11.4. The summed E-state index contributed by atoms with van der Waals surface area (Å²) < 4.78 is 6.28. The topological polar surface area (TPSA) is 76.1 Å². The molecule has 0 unspecified atom stereocenters. The number of hydrogen-bond acceptors (Lipinski definition) is 5. The molecule has 1 aromatic heterocycles. The minimum Gasteiger partial charge on any atom is -0.496 e. The molecular formula is C14H15BrN4O2. The summed E-state index contributed by atoms with van der Waals surface area (Å²) in [6.45, 7) is 0.538. The molecule has 1 heterocycles. The van der Waals surface area contributed by atoms with Crippen LogP contribution < -0.4 is 15.4 Å². The van der Waals surface area contributed by atoms with E-state index in [1.807, 2.05) is 18.2 Å². The Morgan fingerprint density at radius 3 is 2.71 bits per heavy atom. The highest BCUT2D eigenvalue weighted by atomic mass is 79.9. The smallest absolute Gasteiger partial charge is 0.271 e. The van der Waals surface area contributed by atoms with Crippen LogP contribution in [0.2, 0.25) is 0 Å². The van der Waals surface area contributed by atoms with Crippen LogP contribution in [0.1, 0.15) is 16.1 Å². The van der Waals surface area contributed by atoms with Crippen molar-refractivity contribution in [2.75, 3.05) is 19.5 Å². The van der Waals surface area contributed by atoms with Crippen LogP contribution in [-0.2, 0) is 6.54 Å². The zero-order valence-corrected chi connectivity index (χ0v) is 13.3. The van der Waals surface area contributed by atoms with Crippen LogP contribution in [0.3, 0.4) is 0 Å². The third-order valence-corrected chi connectivity index (χ3v) is 3.32.